The number of carbonyl (C=O) groups excluding carboxylic acids is 1. The number of hydrogen-bond acceptors (Lipinski definition) is 7. The van der Waals surface area contributed by atoms with E-state index < -0.39 is 10.0 Å². The normalized spacial score (nSPS) is 11.2. The highest BCUT2D eigenvalue weighted by molar-refractivity contribution is 7.94. The maximum Gasteiger partial charge on any atom is 0.273 e. The minimum absolute atomic E-state index is 0.171. The Morgan fingerprint density at radius 3 is 2.39 bits per heavy atom. The van der Waals surface area contributed by atoms with Gasteiger partial charge >= 0.3 is 0 Å². The molecule has 4 rings (SSSR count). The lowest BCUT2D eigenvalue weighted by Crippen LogP contribution is -2.25. The van der Waals surface area contributed by atoms with E-state index >= 15 is 0 Å². The zero-order chi connectivity index (χ0) is 23.4. The van der Waals surface area contributed by atoms with Crippen LogP contribution >= 0.6 is 22.7 Å². The number of thiophene rings is 1. The van der Waals surface area contributed by atoms with Crippen LogP contribution in [0, 0.1) is 6.92 Å². The van der Waals surface area contributed by atoms with E-state index in [1.807, 2.05) is 36.6 Å². The summed E-state index contributed by atoms with van der Waals surface area (Å²) in [5.41, 5.74) is 3.06. The largest absolute Gasteiger partial charge is 0.484 e. The summed E-state index contributed by atoms with van der Waals surface area (Å²) < 4.78 is 32.3. The summed E-state index contributed by atoms with van der Waals surface area (Å²) in [5, 5.41) is 7.51. The molecule has 2 aromatic heterocycles. The number of nitrogens with zero attached hydrogens (tertiary/aromatic N) is 2. The number of carbonyl (C=O) groups is 1. The molecule has 0 unspecified atom stereocenters. The predicted octanol–water partition coefficient (Wildman–Crippen LogP) is 5.02. The smallest absolute Gasteiger partial charge is 0.273 e. The van der Waals surface area contributed by atoms with Gasteiger partial charge in [0.1, 0.15) is 9.96 Å². The molecule has 0 aliphatic rings. The zero-order valence-electron chi connectivity index (χ0n) is 17.9. The first-order valence-electron chi connectivity index (χ1n) is 9.90. The van der Waals surface area contributed by atoms with Gasteiger partial charge in [-0.15, -0.1) is 22.7 Å². The maximum absolute atomic E-state index is 12.6. The molecular weight excluding hydrogens is 478 g/mol. The van der Waals surface area contributed by atoms with E-state index in [2.05, 4.69) is 10.3 Å². The standard InChI is InChI=1S/C23H21N3O4S3/c1-16-24-21(15-32-16)17-5-7-18(8-6-17)25-22(27)14-30-20-11-9-19(10-12-20)26(2)33(28,29)23-4-3-13-31-23/h3-13,15H,14H2,1-2H3,(H,25,27). The second-order valence-corrected chi connectivity index (χ2v) is 11.3. The van der Waals surface area contributed by atoms with Crippen molar-refractivity contribution in [1.82, 2.24) is 4.98 Å². The molecule has 0 spiro atoms. The molecular formula is C23H21N3O4S3. The van der Waals surface area contributed by atoms with Crippen molar-refractivity contribution in [3.63, 3.8) is 0 Å². The molecule has 0 bridgehead atoms. The van der Waals surface area contributed by atoms with E-state index in [1.165, 1.54) is 22.7 Å². The van der Waals surface area contributed by atoms with Crippen molar-refractivity contribution in [1.29, 1.82) is 0 Å². The molecule has 4 aromatic rings. The molecule has 1 amide bonds. The van der Waals surface area contributed by atoms with Crippen molar-refractivity contribution in [3.8, 4) is 17.0 Å². The Labute approximate surface area is 200 Å². The number of aromatic nitrogens is 1. The minimum Gasteiger partial charge on any atom is -0.484 e. The summed E-state index contributed by atoms with van der Waals surface area (Å²) in [6, 6.07) is 17.3. The molecule has 0 atom stereocenters. The molecule has 10 heteroatoms. The highest BCUT2D eigenvalue weighted by atomic mass is 32.2. The van der Waals surface area contributed by atoms with Gasteiger partial charge in [-0.3, -0.25) is 9.10 Å². The number of rotatable bonds is 8. The summed E-state index contributed by atoms with van der Waals surface area (Å²) in [5.74, 6) is 0.166. The molecule has 7 nitrogen and oxygen atoms in total. The summed E-state index contributed by atoms with van der Waals surface area (Å²) >= 11 is 2.76. The van der Waals surface area contributed by atoms with E-state index in [-0.39, 0.29) is 16.7 Å². The first-order valence-corrected chi connectivity index (χ1v) is 13.1. The number of ether oxygens (including phenoxy) is 1. The molecule has 0 saturated carbocycles. The number of thiazole rings is 1. The van der Waals surface area contributed by atoms with Crippen LogP contribution < -0.4 is 14.4 Å². The van der Waals surface area contributed by atoms with Crippen LogP contribution in [0.4, 0.5) is 11.4 Å². The molecule has 0 saturated heterocycles. The van der Waals surface area contributed by atoms with Gasteiger partial charge in [-0.25, -0.2) is 13.4 Å². The van der Waals surface area contributed by atoms with Crippen LogP contribution in [-0.4, -0.2) is 33.0 Å². The van der Waals surface area contributed by atoms with Crippen molar-refractivity contribution >= 4 is 50.0 Å². The topological polar surface area (TPSA) is 88.6 Å². The molecule has 2 aromatic carbocycles. The third-order valence-electron chi connectivity index (χ3n) is 4.76. The van der Waals surface area contributed by atoms with Crippen LogP contribution in [0.2, 0.25) is 0 Å². The Morgan fingerprint density at radius 1 is 1.06 bits per heavy atom. The molecule has 1 N–H and O–H groups in total. The summed E-state index contributed by atoms with van der Waals surface area (Å²) in [6.45, 7) is 1.79. The van der Waals surface area contributed by atoms with Crippen molar-refractivity contribution < 1.29 is 17.9 Å². The lowest BCUT2D eigenvalue weighted by atomic mass is 10.1. The van der Waals surface area contributed by atoms with Crippen LogP contribution in [0.5, 0.6) is 5.75 Å². The van der Waals surface area contributed by atoms with E-state index in [1.54, 1.807) is 53.1 Å². The van der Waals surface area contributed by atoms with Gasteiger partial charge < -0.3 is 10.1 Å². The molecule has 0 fully saturated rings. The minimum atomic E-state index is -3.60. The van der Waals surface area contributed by atoms with E-state index in [4.69, 9.17) is 4.74 Å². The fraction of sp³-hybridized carbons (Fsp3) is 0.130. The van der Waals surface area contributed by atoms with Crippen LogP contribution in [0.1, 0.15) is 5.01 Å². The molecule has 2 heterocycles. The summed E-state index contributed by atoms with van der Waals surface area (Å²) in [6.07, 6.45) is 0. The number of sulfonamides is 1. The Hall–Kier alpha value is -3.21. The van der Waals surface area contributed by atoms with Crippen molar-refractivity contribution in [3.05, 3.63) is 76.4 Å². The maximum atomic E-state index is 12.6. The van der Waals surface area contributed by atoms with Gasteiger partial charge in [0.05, 0.1) is 16.4 Å². The van der Waals surface area contributed by atoms with Crippen molar-refractivity contribution in [2.45, 2.75) is 11.1 Å². The number of hydrogen-bond donors (Lipinski definition) is 1. The number of aryl methyl sites for hydroxylation is 1. The zero-order valence-corrected chi connectivity index (χ0v) is 20.3. The van der Waals surface area contributed by atoms with Crippen LogP contribution in [0.15, 0.2) is 75.6 Å². The fourth-order valence-electron chi connectivity index (χ4n) is 3.00. The van der Waals surface area contributed by atoms with Gasteiger partial charge in [-0.1, -0.05) is 18.2 Å². The Kier molecular flexibility index (Phi) is 6.77. The number of nitrogens with one attached hydrogen (secondary N) is 1. The van der Waals surface area contributed by atoms with Crippen LogP contribution in [0.3, 0.4) is 0 Å². The van der Waals surface area contributed by atoms with E-state index in [9.17, 15) is 13.2 Å². The Bertz CT molecular complexity index is 1330. The molecule has 0 radical (unpaired) electrons. The van der Waals surface area contributed by atoms with Crippen molar-refractivity contribution in [2.75, 3.05) is 23.3 Å². The SMILES string of the molecule is Cc1nc(-c2ccc(NC(=O)COc3ccc(N(C)S(=O)(=O)c4cccs4)cc3)cc2)cs1. The Morgan fingerprint density at radius 2 is 1.79 bits per heavy atom. The van der Waals surface area contributed by atoms with Gasteiger partial charge in [0.25, 0.3) is 15.9 Å². The lowest BCUT2D eigenvalue weighted by Gasteiger charge is -2.18. The average Bonchev–Trinajstić information content (AvgIpc) is 3.51. The van der Waals surface area contributed by atoms with Gasteiger partial charge in [0.2, 0.25) is 0 Å². The highest BCUT2D eigenvalue weighted by Gasteiger charge is 2.22. The monoisotopic (exact) mass is 499 g/mol. The third-order valence-corrected chi connectivity index (χ3v) is 8.70. The summed E-state index contributed by atoms with van der Waals surface area (Å²) in [4.78, 5) is 16.7. The van der Waals surface area contributed by atoms with Gasteiger partial charge in [-0.05, 0) is 54.8 Å². The van der Waals surface area contributed by atoms with E-state index in [0.717, 1.165) is 16.3 Å². The number of anilines is 2. The third kappa shape index (κ3) is 5.41. The highest BCUT2D eigenvalue weighted by Crippen LogP contribution is 2.27. The molecule has 33 heavy (non-hydrogen) atoms. The van der Waals surface area contributed by atoms with E-state index in [0.29, 0.717) is 17.1 Å². The predicted molar refractivity (Wildman–Crippen MR) is 133 cm³/mol. The molecule has 0 aliphatic carbocycles. The lowest BCUT2D eigenvalue weighted by molar-refractivity contribution is -0.118. The quantitative estimate of drug-likeness (QED) is 0.368. The average molecular weight is 500 g/mol. The van der Waals surface area contributed by atoms with Crippen LogP contribution in [0.25, 0.3) is 11.3 Å². The van der Waals surface area contributed by atoms with Gasteiger partial charge in [-0.2, -0.15) is 0 Å². The fourth-order valence-corrected chi connectivity index (χ4v) is 5.98. The van der Waals surface area contributed by atoms with Crippen LogP contribution in [-0.2, 0) is 14.8 Å². The molecule has 170 valence electrons. The second-order valence-electron chi connectivity index (χ2n) is 7.06. The molecule has 0 aliphatic heterocycles. The number of amides is 1. The number of benzene rings is 2. The Balaban J connectivity index is 1.31. The second kappa shape index (κ2) is 9.74. The van der Waals surface area contributed by atoms with Crippen molar-refractivity contribution in [2.24, 2.45) is 0 Å². The summed E-state index contributed by atoms with van der Waals surface area (Å²) in [7, 11) is -2.10. The van der Waals surface area contributed by atoms with Gasteiger partial charge in [0, 0.05) is 23.7 Å². The first kappa shape index (κ1) is 23.0. The van der Waals surface area contributed by atoms with Gasteiger partial charge in [0.15, 0.2) is 6.61 Å². The first-order chi connectivity index (χ1) is 15.8.